The van der Waals surface area contributed by atoms with Crippen LogP contribution in [0.15, 0.2) is 104 Å². The van der Waals surface area contributed by atoms with Gasteiger partial charge in [0.1, 0.15) is 11.4 Å². The van der Waals surface area contributed by atoms with E-state index in [0.29, 0.717) is 40.4 Å². The second-order valence-corrected chi connectivity index (χ2v) is 16.9. The minimum Gasteiger partial charge on any atom is -0.868 e. The van der Waals surface area contributed by atoms with E-state index in [0.717, 1.165) is 58.1 Å². The number of nitro groups is 2. The van der Waals surface area contributed by atoms with Crippen LogP contribution >= 0.6 is 34.0 Å². The van der Waals surface area contributed by atoms with Gasteiger partial charge in [0.25, 0.3) is 11.4 Å². The van der Waals surface area contributed by atoms with Gasteiger partial charge in [-0.3, -0.25) is 35.5 Å². The van der Waals surface area contributed by atoms with Crippen molar-refractivity contribution in [3.63, 3.8) is 0 Å². The van der Waals surface area contributed by atoms with E-state index in [1.807, 2.05) is 49.7 Å². The zero-order valence-corrected chi connectivity index (χ0v) is 50.2. The normalized spacial score (nSPS) is 9.64. The first-order valence-corrected chi connectivity index (χ1v) is 23.2. The number of nitrogens with one attached hydrogen (secondary N) is 1. The minimum atomic E-state index is -0.949. The molecule has 0 saturated heterocycles. The van der Waals surface area contributed by atoms with Crippen molar-refractivity contribution in [1.29, 1.82) is 0 Å². The predicted molar refractivity (Wildman–Crippen MR) is 310 cm³/mol. The fourth-order valence-corrected chi connectivity index (χ4v) is 6.48. The van der Waals surface area contributed by atoms with Gasteiger partial charge in [0.15, 0.2) is 29.2 Å². The number of non-ortho nitro benzene ring substituents is 1. The smallest absolute Gasteiger partial charge is 0.412 e. The Morgan fingerprint density at radius 2 is 1.30 bits per heavy atom. The maximum Gasteiger partial charge on any atom is 0.412 e. The summed E-state index contributed by atoms with van der Waals surface area (Å²) >= 11 is 0. The summed E-state index contributed by atoms with van der Waals surface area (Å²) in [6.07, 6.45) is 14.3. The number of ether oxygens (including phenoxy) is 6. The Balaban J connectivity index is 0.000000942. The molecule has 0 bridgehead atoms. The molecule has 0 fully saturated rings. The number of anilines is 3. The van der Waals surface area contributed by atoms with Crippen LogP contribution in [0.3, 0.4) is 0 Å². The number of methoxy groups -OCH3 is 5. The molecule has 0 aliphatic rings. The molecule has 7 aromatic heterocycles. The first-order valence-electron chi connectivity index (χ1n) is 23.2. The topological polar surface area (TPSA) is 370 Å². The lowest BCUT2D eigenvalue weighted by Crippen LogP contribution is -2.43. The quantitative estimate of drug-likeness (QED) is 0.0460. The number of fused-ring (bicyclic) bond motifs is 2. The maximum absolute atomic E-state index is 11.5. The van der Waals surface area contributed by atoms with Crippen molar-refractivity contribution in [3.05, 3.63) is 152 Å². The second-order valence-electron chi connectivity index (χ2n) is 16.9. The van der Waals surface area contributed by atoms with Crippen molar-refractivity contribution >= 4 is 85.7 Å². The van der Waals surface area contributed by atoms with Crippen LogP contribution < -0.4 is 56.1 Å². The fourth-order valence-electron chi connectivity index (χ4n) is 6.48. The number of hydrogen-bond acceptors (Lipinski definition) is 21. The first-order chi connectivity index (χ1) is 37.3. The molecule has 0 spiro atoms. The number of rotatable bonds is 9. The van der Waals surface area contributed by atoms with Gasteiger partial charge in [0.2, 0.25) is 6.20 Å². The number of carbonyl (C=O) groups excluding carboxylic acids is 3. The zero-order chi connectivity index (χ0) is 59.6. The lowest BCUT2D eigenvalue weighted by Gasteiger charge is -2.20. The highest BCUT2D eigenvalue weighted by Crippen LogP contribution is 2.28. The molecule has 81 heavy (non-hydrogen) atoms. The van der Waals surface area contributed by atoms with E-state index < -0.39 is 38.7 Å². The first kappa shape index (κ1) is 71.7. The second kappa shape index (κ2) is 35.2. The highest BCUT2D eigenvalue weighted by Gasteiger charge is 2.18. The average Bonchev–Trinajstić information content (AvgIpc) is 3.95. The summed E-state index contributed by atoms with van der Waals surface area (Å²) in [7, 11) is 7.98. The number of amides is 1. The zero-order valence-electron chi connectivity index (χ0n) is 46.8. The number of halogens is 2. The Labute approximate surface area is 487 Å². The van der Waals surface area contributed by atoms with Crippen molar-refractivity contribution < 1.29 is 62.4 Å². The van der Waals surface area contributed by atoms with Gasteiger partial charge in [-0.15, -0.1) is 34.0 Å². The molecule has 7 N–H and O–H groups in total. The van der Waals surface area contributed by atoms with E-state index in [2.05, 4.69) is 45.4 Å². The lowest BCUT2D eigenvalue weighted by molar-refractivity contribution is -0.639. The Kier molecular flexibility index (Phi) is 31.2. The Morgan fingerprint density at radius 3 is 1.80 bits per heavy atom. The molecular weight excluding hydrogens is 1190 g/mol. The molecule has 8 aromatic rings. The molecule has 29 heteroatoms. The largest absolute Gasteiger partial charge is 0.868 e. The van der Waals surface area contributed by atoms with Crippen molar-refractivity contribution in [2.75, 3.05) is 58.2 Å². The van der Waals surface area contributed by atoms with Crippen LogP contribution in [-0.2, 0) is 20.7 Å². The summed E-state index contributed by atoms with van der Waals surface area (Å²) in [5.41, 5.74) is 19.0. The van der Waals surface area contributed by atoms with Gasteiger partial charge in [-0.25, -0.2) is 19.7 Å². The summed E-state index contributed by atoms with van der Waals surface area (Å²) in [6.45, 7) is 15.6. The number of nitrogen functional groups attached to an aromatic ring is 3. The van der Waals surface area contributed by atoms with E-state index in [9.17, 15) is 30.1 Å². The van der Waals surface area contributed by atoms with Crippen LogP contribution in [0.2, 0.25) is 0 Å². The number of nitrogens with zero attached hydrogens (tertiary/aromatic N) is 9. The van der Waals surface area contributed by atoms with E-state index >= 15 is 0 Å². The van der Waals surface area contributed by atoms with Gasteiger partial charge in [0, 0.05) is 35.7 Å². The summed E-state index contributed by atoms with van der Waals surface area (Å²) in [6, 6.07) is 13.6. The average molecular weight is 1260 g/mol. The third kappa shape index (κ3) is 23.3. The summed E-state index contributed by atoms with van der Waals surface area (Å²) < 4.78 is 35.5. The Bertz CT molecular complexity index is 3330. The highest BCUT2D eigenvalue weighted by atomic mass is 79.9. The maximum atomic E-state index is 11.5. The number of aryl methyl sites for hydroxylation is 5. The monoisotopic (exact) mass is 1260 g/mol. The van der Waals surface area contributed by atoms with Gasteiger partial charge >= 0.3 is 12.2 Å². The van der Waals surface area contributed by atoms with Crippen molar-refractivity contribution in [1.82, 2.24) is 29.2 Å². The van der Waals surface area contributed by atoms with Gasteiger partial charge in [0.05, 0.1) is 116 Å². The van der Waals surface area contributed by atoms with Gasteiger partial charge < -0.3 is 45.0 Å². The molecule has 0 aliphatic heterocycles. The predicted octanol–water partition coefficient (Wildman–Crippen LogP) is 8.02. The van der Waals surface area contributed by atoms with E-state index in [1.54, 1.807) is 103 Å². The number of nitro benzene ring substituents is 2. The van der Waals surface area contributed by atoms with E-state index in [-0.39, 0.29) is 40.1 Å². The van der Waals surface area contributed by atoms with E-state index in [4.69, 9.17) is 55.3 Å². The molecule has 1 amide bonds. The third-order valence-corrected chi connectivity index (χ3v) is 10.1. The van der Waals surface area contributed by atoms with Crippen LogP contribution in [0.5, 0.6) is 34.5 Å². The van der Waals surface area contributed by atoms with Crippen LogP contribution in [0, 0.1) is 47.9 Å². The molecular formula is C52H67Br2N13O14. The molecule has 0 radical (unpaired) electrons. The van der Waals surface area contributed by atoms with Crippen LogP contribution in [0.4, 0.5) is 33.2 Å². The molecule has 7 heterocycles. The molecule has 27 nitrogen and oxygen atoms in total. The Morgan fingerprint density at radius 1 is 0.728 bits per heavy atom. The molecule has 0 aliphatic carbocycles. The van der Waals surface area contributed by atoms with Gasteiger partial charge in [-0.1, -0.05) is 17.7 Å². The summed E-state index contributed by atoms with van der Waals surface area (Å²) in [5.74, 6) is 8.06. The van der Waals surface area contributed by atoms with E-state index in [1.165, 1.54) is 29.1 Å². The Hall–Kier alpha value is -9.34. The van der Waals surface area contributed by atoms with Crippen LogP contribution in [0.1, 0.15) is 55.8 Å². The van der Waals surface area contributed by atoms with Gasteiger partial charge in [-0.2, -0.15) is 19.8 Å². The molecule has 0 saturated carbocycles. The van der Waals surface area contributed by atoms with Crippen molar-refractivity contribution in [3.8, 4) is 34.5 Å². The van der Waals surface area contributed by atoms with Crippen molar-refractivity contribution in [2.45, 2.75) is 67.4 Å². The molecule has 1 aromatic carbocycles. The lowest BCUT2D eigenvalue weighted by atomic mass is 10.1. The SMILES string of the molecule is Br.Br.CCc1c(C)nn2cc(OC)c(C)cc12.COc1c[n+](N)ccc1C.COc1cn2nc(C)cc2cc1N.COc1cnccc1N.COc1cnccc1NC(=O)OC(C)(C)C.O=C=O.O=[N+]([O-])c1ccc([O-])c([N+](=O)[O-])c1. The van der Waals surface area contributed by atoms with Crippen molar-refractivity contribution in [2.24, 2.45) is 0 Å². The highest BCUT2D eigenvalue weighted by molar-refractivity contribution is 8.93. The van der Waals surface area contributed by atoms with Crippen LogP contribution in [0.25, 0.3) is 11.0 Å². The standard InChI is InChI=1S/C12H16N2O.C11H16N2O3.C9H11N3O.C7H11N2O.C6H4N2O5.C6H8N2O.CO2.2BrH/c1-5-10-9(3)13-14-7-12(15-4)8(2)6-11(10)14;1-11(2,3)16-10(14)13-8-5-6-12-7-9(8)15-4;1-6-3-7-4-8(10)9(13-2)5-12(7)11-6;1-6-3-4-9(8)5-7(6)10-2;9-6-2-1-4(7(10)11)3-5(6)8(12)13;1-9-6-4-8-3-2-5(6)7;2-1-3;;/h6-7H,5H2,1-4H3;5-7H,1-4H3,(H,12,13,14);3-5H,10H2,1-2H3;3-5H,8H2,1-2H3;1-3,9H;2-4H,1H3,(H2,7,8);;2*1H/q;;;+1;;;;;/p-1. The number of hydrogen-bond donors (Lipinski definition) is 4. The molecule has 438 valence electrons. The third-order valence-electron chi connectivity index (χ3n) is 10.1. The summed E-state index contributed by atoms with van der Waals surface area (Å²) in [4.78, 5) is 54.0. The molecule has 0 atom stereocenters. The number of nitrogens with two attached hydrogens (primary N) is 3. The fraction of sp³-hybridized carbons (Fsp3) is 0.288. The van der Waals surface area contributed by atoms with Gasteiger partial charge in [-0.05, 0) is 96.5 Å². The minimum absolute atomic E-state index is 0. The number of benzene rings is 1. The number of aromatic nitrogens is 7. The number of carbonyl (C=O) groups is 1. The van der Waals surface area contributed by atoms with Crippen LogP contribution in [-0.4, -0.2) is 92.4 Å². The number of pyridine rings is 5. The molecule has 0 unspecified atom stereocenters. The summed E-state index contributed by atoms with van der Waals surface area (Å²) in [5, 5.41) is 42.4. The molecule has 8 rings (SSSR count).